The number of carboxylic acid groups (broad SMARTS) is 1. The molecular formula is C11H14N2O4. The number of nitro groups is 1. The Bertz CT molecular complexity index is 402. The normalized spacial score (nSPS) is 12.1. The number of aliphatic carboxylic acids is 1. The second-order valence-corrected chi connectivity index (χ2v) is 3.83. The van der Waals surface area contributed by atoms with E-state index in [2.05, 4.69) is 0 Å². The molecular weight excluding hydrogens is 224 g/mol. The van der Waals surface area contributed by atoms with Gasteiger partial charge in [-0.1, -0.05) is 12.1 Å². The van der Waals surface area contributed by atoms with Crippen molar-refractivity contribution >= 4 is 11.7 Å². The summed E-state index contributed by atoms with van der Waals surface area (Å²) in [5.41, 5.74) is 6.35. The van der Waals surface area contributed by atoms with Crippen LogP contribution in [0.3, 0.4) is 0 Å². The van der Waals surface area contributed by atoms with Crippen LogP contribution >= 0.6 is 0 Å². The van der Waals surface area contributed by atoms with Crippen molar-refractivity contribution in [3.8, 4) is 0 Å². The largest absolute Gasteiger partial charge is 0.481 e. The SMILES string of the molecule is NC[C@@H](CC(=O)O)Cc1ccc([N+](=O)[O-])cc1. The Hall–Kier alpha value is -1.95. The molecule has 92 valence electrons. The van der Waals surface area contributed by atoms with Crippen LogP contribution in [0.1, 0.15) is 12.0 Å². The van der Waals surface area contributed by atoms with Crippen LogP contribution in [0.15, 0.2) is 24.3 Å². The molecule has 0 saturated carbocycles. The average Bonchev–Trinajstić information content (AvgIpc) is 2.28. The number of non-ortho nitro benzene ring substituents is 1. The highest BCUT2D eigenvalue weighted by Gasteiger charge is 2.13. The fraction of sp³-hybridized carbons (Fsp3) is 0.364. The number of rotatable bonds is 6. The van der Waals surface area contributed by atoms with Gasteiger partial charge in [-0.3, -0.25) is 14.9 Å². The van der Waals surface area contributed by atoms with Gasteiger partial charge in [0.15, 0.2) is 0 Å². The third-order valence-corrected chi connectivity index (χ3v) is 2.47. The van der Waals surface area contributed by atoms with E-state index in [1.54, 1.807) is 12.1 Å². The molecule has 0 fully saturated rings. The number of nitrogens with two attached hydrogens (primary N) is 1. The molecule has 0 radical (unpaired) electrons. The van der Waals surface area contributed by atoms with Crippen molar-refractivity contribution in [2.24, 2.45) is 11.7 Å². The monoisotopic (exact) mass is 238 g/mol. The highest BCUT2D eigenvalue weighted by atomic mass is 16.6. The van der Waals surface area contributed by atoms with Crippen molar-refractivity contribution in [1.82, 2.24) is 0 Å². The van der Waals surface area contributed by atoms with Crippen molar-refractivity contribution < 1.29 is 14.8 Å². The van der Waals surface area contributed by atoms with E-state index in [1.807, 2.05) is 0 Å². The van der Waals surface area contributed by atoms with Crippen molar-refractivity contribution in [3.63, 3.8) is 0 Å². The molecule has 0 aliphatic rings. The highest BCUT2D eigenvalue weighted by molar-refractivity contribution is 5.67. The zero-order chi connectivity index (χ0) is 12.8. The molecule has 3 N–H and O–H groups in total. The third kappa shape index (κ3) is 4.20. The molecule has 6 nitrogen and oxygen atoms in total. The first-order valence-corrected chi connectivity index (χ1v) is 5.18. The van der Waals surface area contributed by atoms with Gasteiger partial charge in [-0.15, -0.1) is 0 Å². The fourth-order valence-corrected chi connectivity index (χ4v) is 1.57. The Balaban J connectivity index is 2.67. The summed E-state index contributed by atoms with van der Waals surface area (Å²) in [6.45, 7) is 0.281. The van der Waals surface area contributed by atoms with Gasteiger partial charge in [0.2, 0.25) is 0 Å². The summed E-state index contributed by atoms with van der Waals surface area (Å²) in [6, 6.07) is 6.07. The summed E-state index contributed by atoms with van der Waals surface area (Å²) in [5.74, 6) is -1.03. The minimum absolute atomic E-state index is 0.00743. The maximum Gasteiger partial charge on any atom is 0.303 e. The van der Waals surface area contributed by atoms with Gasteiger partial charge in [0, 0.05) is 18.6 Å². The van der Waals surface area contributed by atoms with Crippen molar-refractivity contribution in [2.75, 3.05) is 6.54 Å². The smallest absolute Gasteiger partial charge is 0.303 e. The molecule has 0 bridgehead atoms. The molecule has 1 rings (SSSR count). The minimum atomic E-state index is -0.887. The van der Waals surface area contributed by atoms with Crippen molar-refractivity contribution in [3.05, 3.63) is 39.9 Å². The van der Waals surface area contributed by atoms with Gasteiger partial charge in [-0.2, -0.15) is 0 Å². The predicted octanol–water partition coefficient (Wildman–Crippen LogP) is 1.19. The van der Waals surface area contributed by atoms with Gasteiger partial charge in [-0.05, 0) is 24.4 Å². The van der Waals surface area contributed by atoms with Crippen LogP contribution < -0.4 is 5.73 Å². The van der Waals surface area contributed by atoms with E-state index in [4.69, 9.17) is 10.8 Å². The van der Waals surface area contributed by atoms with Gasteiger partial charge in [-0.25, -0.2) is 0 Å². The van der Waals surface area contributed by atoms with E-state index in [1.165, 1.54) is 12.1 Å². The van der Waals surface area contributed by atoms with Gasteiger partial charge < -0.3 is 10.8 Å². The third-order valence-electron chi connectivity index (χ3n) is 2.47. The van der Waals surface area contributed by atoms with Crippen molar-refractivity contribution in [2.45, 2.75) is 12.8 Å². The molecule has 0 heterocycles. The Morgan fingerprint density at radius 1 is 1.41 bits per heavy atom. The summed E-state index contributed by atoms with van der Waals surface area (Å²) < 4.78 is 0. The number of hydrogen-bond donors (Lipinski definition) is 2. The van der Waals surface area contributed by atoms with Crippen LogP contribution in [0.25, 0.3) is 0 Å². The lowest BCUT2D eigenvalue weighted by Crippen LogP contribution is -2.20. The lowest BCUT2D eigenvalue weighted by atomic mass is 9.96. The number of carboxylic acids is 1. The van der Waals surface area contributed by atoms with Crippen LogP contribution in [-0.2, 0) is 11.2 Å². The molecule has 0 saturated heterocycles. The summed E-state index contributed by atoms with van der Waals surface area (Å²) >= 11 is 0. The van der Waals surface area contributed by atoms with Crippen LogP contribution in [0.2, 0.25) is 0 Å². The Kier molecular flexibility index (Phi) is 4.59. The average molecular weight is 238 g/mol. The minimum Gasteiger partial charge on any atom is -0.481 e. The van der Waals surface area contributed by atoms with Gasteiger partial charge >= 0.3 is 5.97 Å². The first-order valence-electron chi connectivity index (χ1n) is 5.18. The van der Waals surface area contributed by atoms with Crippen molar-refractivity contribution in [1.29, 1.82) is 0 Å². The summed E-state index contributed by atoms with van der Waals surface area (Å²) in [4.78, 5) is 20.5. The summed E-state index contributed by atoms with van der Waals surface area (Å²) in [5, 5.41) is 19.1. The van der Waals surface area contributed by atoms with E-state index < -0.39 is 10.9 Å². The molecule has 1 aromatic carbocycles. The first-order chi connectivity index (χ1) is 8.02. The Morgan fingerprint density at radius 3 is 2.41 bits per heavy atom. The van der Waals surface area contributed by atoms with Gasteiger partial charge in [0.25, 0.3) is 5.69 Å². The number of nitro benzene ring substituents is 1. The van der Waals surface area contributed by atoms with Crippen LogP contribution in [0, 0.1) is 16.0 Å². The highest BCUT2D eigenvalue weighted by Crippen LogP contribution is 2.16. The molecule has 0 unspecified atom stereocenters. The van der Waals surface area contributed by atoms with E-state index >= 15 is 0 Å². The molecule has 6 heteroatoms. The maximum atomic E-state index is 10.6. The van der Waals surface area contributed by atoms with Crippen LogP contribution in [0.5, 0.6) is 0 Å². The zero-order valence-corrected chi connectivity index (χ0v) is 9.20. The molecule has 0 aromatic heterocycles. The second kappa shape index (κ2) is 5.95. The summed E-state index contributed by atoms with van der Waals surface area (Å²) in [7, 11) is 0. The molecule has 0 aliphatic carbocycles. The number of hydrogen-bond acceptors (Lipinski definition) is 4. The molecule has 0 amide bonds. The lowest BCUT2D eigenvalue weighted by Gasteiger charge is -2.11. The summed E-state index contributed by atoms with van der Waals surface area (Å²) in [6.07, 6.45) is 0.522. The van der Waals surface area contributed by atoms with Crippen LogP contribution in [-0.4, -0.2) is 22.5 Å². The van der Waals surface area contributed by atoms with E-state index in [9.17, 15) is 14.9 Å². The maximum absolute atomic E-state index is 10.6. The van der Waals surface area contributed by atoms with E-state index in [0.29, 0.717) is 6.42 Å². The topological polar surface area (TPSA) is 106 Å². The van der Waals surface area contributed by atoms with Crippen LogP contribution in [0.4, 0.5) is 5.69 Å². The van der Waals surface area contributed by atoms with Gasteiger partial charge in [0.1, 0.15) is 0 Å². The Morgan fingerprint density at radius 2 is 2.00 bits per heavy atom. The zero-order valence-electron chi connectivity index (χ0n) is 9.20. The molecule has 0 aliphatic heterocycles. The molecule has 1 aromatic rings. The molecule has 17 heavy (non-hydrogen) atoms. The van der Waals surface area contributed by atoms with E-state index in [0.717, 1.165) is 5.56 Å². The standard InChI is InChI=1S/C11H14N2O4/c12-7-9(6-11(14)15)5-8-1-3-10(4-2-8)13(16)17/h1-4,9H,5-7,12H2,(H,14,15)/t9-/m1/s1. The predicted molar refractivity (Wildman–Crippen MR) is 61.6 cm³/mol. The molecule has 0 spiro atoms. The number of carbonyl (C=O) groups is 1. The number of nitrogens with zero attached hydrogens (tertiary/aromatic N) is 1. The van der Waals surface area contributed by atoms with E-state index in [-0.39, 0.29) is 24.6 Å². The number of benzene rings is 1. The fourth-order valence-electron chi connectivity index (χ4n) is 1.57. The first kappa shape index (κ1) is 13.1. The lowest BCUT2D eigenvalue weighted by molar-refractivity contribution is -0.384. The van der Waals surface area contributed by atoms with Gasteiger partial charge in [0.05, 0.1) is 4.92 Å². The Labute approximate surface area is 98.2 Å². The molecule has 1 atom stereocenters. The quantitative estimate of drug-likeness (QED) is 0.571. The second-order valence-electron chi connectivity index (χ2n) is 3.83.